The van der Waals surface area contributed by atoms with E-state index in [2.05, 4.69) is 31.4 Å². The van der Waals surface area contributed by atoms with Crippen molar-refractivity contribution in [2.45, 2.75) is 6.04 Å². The van der Waals surface area contributed by atoms with Crippen LogP contribution in [0.5, 0.6) is 0 Å². The van der Waals surface area contributed by atoms with Gasteiger partial charge in [-0.2, -0.15) is 0 Å². The van der Waals surface area contributed by atoms with E-state index in [1.807, 2.05) is 36.4 Å². The Morgan fingerprint density at radius 1 is 0.964 bits per heavy atom. The molecule has 0 radical (unpaired) electrons. The van der Waals surface area contributed by atoms with Crippen LogP contribution in [0.3, 0.4) is 0 Å². The molecule has 1 heterocycles. The normalized spacial score (nSPS) is 12.0. The predicted molar refractivity (Wildman–Crippen MR) is 111 cm³/mol. The van der Waals surface area contributed by atoms with Crippen LogP contribution in [-0.2, 0) is 0 Å². The maximum atomic E-state index is 13.5. The number of anilines is 1. The molecule has 28 heavy (non-hydrogen) atoms. The molecule has 0 aliphatic heterocycles. The molecule has 4 aromatic rings. The van der Waals surface area contributed by atoms with Crippen LogP contribution < -0.4 is 5.32 Å². The molecule has 1 atom stereocenters. The van der Waals surface area contributed by atoms with Crippen molar-refractivity contribution in [2.75, 3.05) is 5.32 Å². The van der Waals surface area contributed by atoms with Crippen LogP contribution in [0.4, 0.5) is 10.1 Å². The molecule has 0 fully saturated rings. The van der Waals surface area contributed by atoms with E-state index < -0.39 is 6.04 Å². The van der Waals surface area contributed by atoms with Gasteiger partial charge in [-0.05, 0) is 60.2 Å². The minimum absolute atomic E-state index is 0.256. The van der Waals surface area contributed by atoms with Gasteiger partial charge < -0.3 is 9.73 Å². The lowest BCUT2D eigenvalue weighted by atomic mass is 10.1. The third-order valence-corrected chi connectivity index (χ3v) is 4.90. The summed E-state index contributed by atoms with van der Waals surface area (Å²) in [6, 6.07) is 20.8. The molecule has 0 spiro atoms. The highest BCUT2D eigenvalue weighted by Gasteiger charge is 2.22. The Bertz CT molecular complexity index is 1080. The van der Waals surface area contributed by atoms with Gasteiger partial charge in [-0.1, -0.05) is 45.7 Å². The molecule has 0 amide bonds. The number of halogens is 3. The lowest BCUT2D eigenvalue weighted by Gasteiger charge is -2.17. The Morgan fingerprint density at radius 2 is 1.71 bits per heavy atom. The molecule has 0 saturated heterocycles. The Hall–Kier alpha value is -2.70. The highest BCUT2D eigenvalue weighted by Crippen LogP contribution is 2.29. The maximum absolute atomic E-state index is 13.5. The molecule has 1 aromatic heterocycles. The number of rotatable bonds is 5. The Morgan fingerprint density at radius 3 is 2.43 bits per heavy atom. The number of nitrogens with zero attached hydrogens (tertiary/aromatic N) is 2. The van der Waals surface area contributed by atoms with E-state index in [1.165, 1.54) is 12.1 Å². The van der Waals surface area contributed by atoms with Crippen LogP contribution in [0.2, 0.25) is 5.02 Å². The zero-order chi connectivity index (χ0) is 19.5. The Kier molecular flexibility index (Phi) is 5.41. The summed E-state index contributed by atoms with van der Waals surface area (Å²) in [6.45, 7) is 0. The minimum Gasteiger partial charge on any atom is -0.418 e. The first-order chi connectivity index (χ1) is 13.6. The number of hydrogen-bond acceptors (Lipinski definition) is 4. The fraction of sp³-hybridized carbons (Fsp3) is 0.0476. The fourth-order valence-electron chi connectivity index (χ4n) is 2.75. The van der Waals surface area contributed by atoms with Gasteiger partial charge in [0.2, 0.25) is 11.8 Å². The summed E-state index contributed by atoms with van der Waals surface area (Å²) in [5.74, 6) is 0.259. The molecular weight excluding hydrogens is 445 g/mol. The molecule has 0 saturated carbocycles. The molecule has 0 bridgehead atoms. The van der Waals surface area contributed by atoms with E-state index in [1.54, 1.807) is 24.3 Å². The van der Waals surface area contributed by atoms with Crippen LogP contribution in [0.1, 0.15) is 17.5 Å². The smallest absolute Gasteiger partial charge is 0.247 e. The quantitative estimate of drug-likeness (QED) is 0.371. The van der Waals surface area contributed by atoms with Crippen LogP contribution in [0, 0.1) is 5.82 Å². The van der Waals surface area contributed by atoms with Gasteiger partial charge in [-0.25, -0.2) is 4.39 Å². The van der Waals surface area contributed by atoms with Gasteiger partial charge in [0, 0.05) is 20.7 Å². The van der Waals surface area contributed by atoms with E-state index in [0.717, 1.165) is 15.7 Å². The van der Waals surface area contributed by atoms with Gasteiger partial charge in [0.05, 0.1) is 0 Å². The monoisotopic (exact) mass is 457 g/mol. The number of nitrogens with one attached hydrogen (secondary N) is 1. The number of aromatic nitrogens is 2. The zero-order valence-corrected chi connectivity index (χ0v) is 16.8. The van der Waals surface area contributed by atoms with Crippen LogP contribution in [0.15, 0.2) is 81.7 Å². The summed E-state index contributed by atoms with van der Waals surface area (Å²) >= 11 is 9.46. The second-order valence-corrected chi connectivity index (χ2v) is 7.44. The first-order valence-corrected chi connectivity index (χ1v) is 9.62. The van der Waals surface area contributed by atoms with E-state index in [4.69, 9.17) is 16.0 Å². The highest BCUT2D eigenvalue weighted by molar-refractivity contribution is 9.10. The summed E-state index contributed by atoms with van der Waals surface area (Å²) in [5.41, 5.74) is 2.31. The summed E-state index contributed by atoms with van der Waals surface area (Å²) < 4.78 is 20.4. The molecule has 0 aliphatic carbocycles. The van der Waals surface area contributed by atoms with Crippen LogP contribution in [-0.4, -0.2) is 10.2 Å². The molecule has 0 aliphatic rings. The molecule has 4 nitrogen and oxygen atoms in total. The summed E-state index contributed by atoms with van der Waals surface area (Å²) in [7, 11) is 0. The molecule has 1 N–H and O–H groups in total. The molecule has 3 aromatic carbocycles. The first kappa shape index (κ1) is 18.7. The van der Waals surface area contributed by atoms with E-state index in [-0.39, 0.29) is 11.7 Å². The standard InChI is InChI=1S/C21H14BrClFN3O/c22-15-6-10-18(11-7-15)25-19(13-4-8-16(23)9-5-13)21-27-26-20(28-21)14-2-1-3-17(24)12-14/h1-12,19,25H/t19-/m0/s1. The summed E-state index contributed by atoms with van der Waals surface area (Å²) in [5, 5.41) is 12.3. The Labute approximate surface area is 174 Å². The van der Waals surface area contributed by atoms with Gasteiger partial charge in [-0.15, -0.1) is 10.2 Å². The summed E-state index contributed by atoms with van der Waals surface area (Å²) in [4.78, 5) is 0. The van der Waals surface area contributed by atoms with Crippen molar-refractivity contribution < 1.29 is 8.81 Å². The summed E-state index contributed by atoms with van der Waals surface area (Å²) in [6.07, 6.45) is 0. The van der Waals surface area contributed by atoms with Crippen molar-refractivity contribution >= 4 is 33.2 Å². The van der Waals surface area contributed by atoms with Gasteiger partial charge in [0.15, 0.2) is 0 Å². The van der Waals surface area contributed by atoms with Crippen molar-refractivity contribution in [2.24, 2.45) is 0 Å². The van der Waals surface area contributed by atoms with Gasteiger partial charge in [0.25, 0.3) is 0 Å². The molecule has 4 rings (SSSR count). The largest absolute Gasteiger partial charge is 0.418 e. The molecular formula is C21H14BrClFN3O. The fourth-order valence-corrected chi connectivity index (χ4v) is 3.14. The lowest BCUT2D eigenvalue weighted by Crippen LogP contribution is -2.12. The average Bonchev–Trinajstić information content (AvgIpc) is 3.18. The van der Waals surface area contributed by atoms with Crippen molar-refractivity contribution in [3.05, 3.63) is 99.6 Å². The predicted octanol–water partition coefficient (Wildman–Crippen LogP) is 6.49. The van der Waals surface area contributed by atoms with E-state index >= 15 is 0 Å². The van der Waals surface area contributed by atoms with Gasteiger partial charge in [0.1, 0.15) is 11.9 Å². The van der Waals surface area contributed by atoms with E-state index in [0.29, 0.717) is 16.5 Å². The molecule has 0 unspecified atom stereocenters. The third-order valence-electron chi connectivity index (χ3n) is 4.12. The molecule has 140 valence electrons. The van der Waals surface area contributed by atoms with E-state index in [9.17, 15) is 4.39 Å². The lowest BCUT2D eigenvalue weighted by molar-refractivity contribution is 0.493. The van der Waals surface area contributed by atoms with Crippen molar-refractivity contribution in [1.29, 1.82) is 0 Å². The van der Waals surface area contributed by atoms with Crippen molar-refractivity contribution in [3.63, 3.8) is 0 Å². The molecule has 7 heteroatoms. The third kappa shape index (κ3) is 4.24. The average molecular weight is 459 g/mol. The Balaban J connectivity index is 1.70. The second kappa shape index (κ2) is 8.12. The van der Waals surface area contributed by atoms with Crippen LogP contribution in [0.25, 0.3) is 11.5 Å². The van der Waals surface area contributed by atoms with Crippen molar-refractivity contribution in [3.8, 4) is 11.5 Å². The number of benzene rings is 3. The SMILES string of the molecule is Fc1cccc(-c2nnc([C@@H](Nc3ccc(Br)cc3)c3ccc(Cl)cc3)o2)c1. The second-order valence-electron chi connectivity index (χ2n) is 6.09. The first-order valence-electron chi connectivity index (χ1n) is 8.45. The highest BCUT2D eigenvalue weighted by atomic mass is 79.9. The van der Waals surface area contributed by atoms with Crippen molar-refractivity contribution in [1.82, 2.24) is 10.2 Å². The van der Waals surface area contributed by atoms with Crippen LogP contribution >= 0.6 is 27.5 Å². The number of hydrogen-bond donors (Lipinski definition) is 1. The van der Waals surface area contributed by atoms with Gasteiger partial charge >= 0.3 is 0 Å². The minimum atomic E-state index is -0.395. The maximum Gasteiger partial charge on any atom is 0.247 e. The topological polar surface area (TPSA) is 51.0 Å². The zero-order valence-electron chi connectivity index (χ0n) is 14.4. The van der Waals surface area contributed by atoms with Gasteiger partial charge in [-0.3, -0.25) is 0 Å².